The highest BCUT2D eigenvalue weighted by Crippen LogP contribution is 2.17. The first kappa shape index (κ1) is 16.1. The molecular formula is C19H20N2O3. The van der Waals surface area contributed by atoms with Crippen LogP contribution in [0.1, 0.15) is 33.6 Å². The van der Waals surface area contributed by atoms with Crippen LogP contribution < -0.4 is 10.1 Å². The lowest BCUT2D eigenvalue weighted by Crippen LogP contribution is -2.27. The largest absolute Gasteiger partial charge is 0.497 e. The summed E-state index contributed by atoms with van der Waals surface area (Å²) in [6.07, 6.45) is 2.14. The van der Waals surface area contributed by atoms with Gasteiger partial charge in [0.05, 0.1) is 7.11 Å². The van der Waals surface area contributed by atoms with E-state index in [-0.39, 0.29) is 11.8 Å². The Morgan fingerprint density at radius 1 is 1.00 bits per heavy atom. The second kappa shape index (κ2) is 7.17. The van der Waals surface area contributed by atoms with Gasteiger partial charge in [-0.1, -0.05) is 6.07 Å². The molecule has 0 aliphatic carbocycles. The zero-order valence-electron chi connectivity index (χ0n) is 13.6. The molecule has 1 fully saturated rings. The fourth-order valence-corrected chi connectivity index (χ4v) is 2.77. The van der Waals surface area contributed by atoms with Gasteiger partial charge >= 0.3 is 0 Å². The minimum atomic E-state index is -0.215. The van der Waals surface area contributed by atoms with Crippen molar-refractivity contribution in [3.05, 3.63) is 59.7 Å². The molecule has 1 heterocycles. The first-order valence-corrected chi connectivity index (χ1v) is 8.02. The number of ether oxygens (including phenoxy) is 1. The highest BCUT2D eigenvalue weighted by molar-refractivity contribution is 6.04. The lowest BCUT2D eigenvalue weighted by atomic mass is 10.1. The standard InChI is InChI=1S/C19H20N2O3/c1-24-17-6-4-5-15(13-17)18(22)20-16-9-7-14(8-10-16)19(23)21-11-2-3-12-21/h4-10,13H,2-3,11-12H2,1H3,(H,20,22). The van der Waals surface area contributed by atoms with Gasteiger partial charge < -0.3 is 15.0 Å². The molecule has 0 spiro atoms. The minimum absolute atomic E-state index is 0.0539. The van der Waals surface area contributed by atoms with E-state index in [0.717, 1.165) is 25.9 Å². The molecule has 0 atom stereocenters. The van der Waals surface area contributed by atoms with Crippen molar-refractivity contribution in [1.82, 2.24) is 4.90 Å². The van der Waals surface area contributed by atoms with Crippen molar-refractivity contribution in [3.63, 3.8) is 0 Å². The molecule has 2 amide bonds. The average Bonchev–Trinajstić information content (AvgIpc) is 3.16. The van der Waals surface area contributed by atoms with Gasteiger partial charge in [0.25, 0.3) is 11.8 Å². The van der Waals surface area contributed by atoms with Crippen LogP contribution in [0.15, 0.2) is 48.5 Å². The Kier molecular flexibility index (Phi) is 4.79. The van der Waals surface area contributed by atoms with Crippen LogP contribution in [0.25, 0.3) is 0 Å². The molecule has 0 saturated carbocycles. The Bertz CT molecular complexity index is 735. The number of benzene rings is 2. The van der Waals surface area contributed by atoms with E-state index in [4.69, 9.17) is 4.74 Å². The number of methoxy groups -OCH3 is 1. The number of hydrogen-bond acceptors (Lipinski definition) is 3. The molecule has 1 aliphatic heterocycles. The van der Waals surface area contributed by atoms with Crippen LogP contribution in [-0.2, 0) is 0 Å². The third kappa shape index (κ3) is 3.56. The van der Waals surface area contributed by atoms with E-state index in [9.17, 15) is 9.59 Å². The summed E-state index contributed by atoms with van der Waals surface area (Å²) in [6.45, 7) is 1.65. The number of hydrogen-bond donors (Lipinski definition) is 1. The van der Waals surface area contributed by atoms with Crippen LogP contribution in [0.4, 0.5) is 5.69 Å². The number of nitrogens with one attached hydrogen (secondary N) is 1. The van der Waals surface area contributed by atoms with Crippen molar-refractivity contribution in [1.29, 1.82) is 0 Å². The first-order valence-electron chi connectivity index (χ1n) is 8.02. The topological polar surface area (TPSA) is 58.6 Å². The van der Waals surface area contributed by atoms with Crippen LogP contribution in [-0.4, -0.2) is 36.9 Å². The van der Waals surface area contributed by atoms with Crippen molar-refractivity contribution in [2.45, 2.75) is 12.8 Å². The Morgan fingerprint density at radius 3 is 2.38 bits per heavy atom. The van der Waals surface area contributed by atoms with Gasteiger partial charge in [-0.3, -0.25) is 9.59 Å². The Balaban J connectivity index is 1.67. The van der Waals surface area contributed by atoms with Crippen molar-refractivity contribution >= 4 is 17.5 Å². The van der Waals surface area contributed by atoms with Crippen LogP contribution in [0.2, 0.25) is 0 Å². The summed E-state index contributed by atoms with van der Waals surface area (Å²) in [5.74, 6) is 0.472. The van der Waals surface area contributed by atoms with E-state index in [1.165, 1.54) is 0 Å². The van der Waals surface area contributed by atoms with Gasteiger partial charge in [0.2, 0.25) is 0 Å². The van der Waals surface area contributed by atoms with Crippen molar-refractivity contribution in [2.75, 3.05) is 25.5 Å². The van der Waals surface area contributed by atoms with Gasteiger partial charge in [-0.05, 0) is 55.3 Å². The normalized spacial score (nSPS) is 13.6. The van der Waals surface area contributed by atoms with Gasteiger partial charge in [0, 0.05) is 29.9 Å². The van der Waals surface area contributed by atoms with E-state index >= 15 is 0 Å². The summed E-state index contributed by atoms with van der Waals surface area (Å²) in [7, 11) is 1.56. The number of carbonyl (C=O) groups excluding carboxylic acids is 2. The molecular weight excluding hydrogens is 304 g/mol. The number of anilines is 1. The molecule has 0 bridgehead atoms. The SMILES string of the molecule is COc1cccc(C(=O)Nc2ccc(C(=O)N3CCCC3)cc2)c1. The number of likely N-dealkylation sites (tertiary alicyclic amines) is 1. The van der Waals surface area contributed by atoms with E-state index in [2.05, 4.69) is 5.32 Å². The maximum Gasteiger partial charge on any atom is 0.255 e. The van der Waals surface area contributed by atoms with E-state index in [0.29, 0.717) is 22.6 Å². The first-order chi connectivity index (χ1) is 11.7. The molecule has 3 rings (SSSR count). The number of nitrogens with zero attached hydrogens (tertiary/aromatic N) is 1. The Hall–Kier alpha value is -2.82. The van der Waals surface area contributed by atoms with Crippen LogP contribution in [0.3, 0.4) is 0 Å². The summed E-state index contributed by atoms with van der Waals surface area (Å²) in [6, 6.07) is 14.0. The lowest BCUT2D eigenvalue weighted by molar-refractivity contribution is 0.0792. The molecule has 2 aromatic carbocycles. The summed E-state index contributed by atoms with van der Waals surface area (Å²) in [5, 5.41) is 2.83. The number of carbonyl (C=O) groups is 2. The van der Waals surface area contributed by atoms with Crippen LogP contribution in [0.5, 0.6) is 5.75 Å². The van der Waals surface area contributed by atoms with Crippen LogP contribution in [0, 0.1) is 0 Å². The summed E-state index contributed by atoms with van der Waals surface area (Å²) in [4.78, 5) is 26.4. The minimum Gasteiger partial charge on any atom is -0.497 e. The molecule has 2 aromatic rings. The van der Waals surface area contributed by atoms with Gasteiger partial charge in [-0.2, -0.15) is 0 Å². The zero-order chi connectivity index (χ0) is 16.9. The molecule has 0 aromatic heterocycles. The zero-order valence-corrected chi connectivity index (χ0v) is 13.6. The molecule has 24 heavy (non-hydrogen) atoms. The molecule has 1 saturated heterocycles. The van der Waals surface area contributed by atoms with Gasteiger partial charge in [0.15, 0.2) is 0 Å². The van der Waals surface area contributed by atoms with E-state index in [1.54, 1.807) is 55.6 Å². The van der Waals surface area contributed by atoms with Crippen molar-refractivity contribution < 1.29 is 14.3 Å². The van der Waals surface area contributed by atoms with Crippen molar-refractivity contribution in [2.24, 2.45) is 0 Å². The third-order valence-corrected chi connectivity index (χ3v) is 4.11. The molecule has 124 valence electrons. The highest BCUT2D eigenvalue weighted by atomic mass is 16.5. The quantitative estimate of drug-likeness (QED) is 0.939. The summed E-state index contributed by atoms with van der Waals surface area (Å²) in [5.41, 5.74) is 1.82. The highest BCUT2D eigenvalue weighted by Gasteiger charge is 2.19. The fraction of sp³-hybridized carbons (Fsp3) is 0.263. The molecule has 5 heteroatoms. The van der Waals surface area contributed by atoms with Gasteiger partial charge in [-0.15, -0.1) is 0 Å². The number of amides is 2. The smallest absolute Gasteiger partial charge is 0.255 e. The Morgan fingerprint density at radius 2 is 1.71 bits per heavy atom. The molecule has 1 N–H and O–H groups in total. The second-order valence-electron chi connectivity index (χ2n) is 5.76. The fourth-order valence-electron chi connectivity index (χ4n) is 2.77. The predicted molar refractivity (Wildman–Crippen MR) is 92.5 cm³/mol. The van der Waals surface area contributed by atoms with E-state index in [1.807, 2.05) is 4.90 Å². The summed E-state index contributed by atoms with van der Waals surface area (Å²) >= 11 is 0. The maximum absolute atomic E-state index is 12.3. The van der Waals surface area contributed by atoms with Crippen molar-refractivity contribution in [3.8, 4) is 5.75 Å². The molecule has 1 aliphatic rings. The van der Waals surface area contributed by atoms with Gasteiger partial charge in [-0.25, -0.2) is 0 Å². The second-order valence-corrected chi connectivity index (χ2v) is 5.76. The molecule has 0 radical (unpaired) electrons. The number of rotatable bonds is 4. The van der Waals surface area contributed by atoms with E-state index < -0.39 is 0 Å². The third-order valence-electron chi connectivity index (χ3n) is 4.11. The van der Waals surface area contributed by atoms with Gasteiger partial charge in [0.1, 0.15) is 5.75 Å². The average molecular weight is 324 g/mol. The molecule has 0 unspecified atom stereocenters. The molecule has 5 nitrogen and oxygen atoms in total. The Labute approximate surface area is 141 Å². The monoisotopic (exact) mass is 324 g/mol. The predicted octanol–water partition coefficient (Wildman–Crippen LogP) is 3.18. The lowest BCUT2D eigenvalue weighted by Gasteiger charge is -2.15. The van der Waals surface area contributed by atoms with Crippen LogP contribution >= 0.6 is 0 Å². The summed E-state index contributed by atoms with van der Waals surface area (Å²) < 4.78 is 5.12. The maximum atomic E-state index is 12.3.